The molecule has 1 N–H and O–H groups in total. The van der Waals surface area contributed by atoms with Crippen LogP contribution in [-0.2, 0) is 0 Å². The zero-order valence-corrected chi connectivity index (χ0v) is 9.09. The highest BCUT2D eigenvalue weighted by atomic mass is 16.6. The number of benzene rings is 1. The van der Waals surface area contributed by atoms with Crippen LogP contribution < -0.4 is 0 Å². The van der Waals surface area contributed by atoms with E-state index in [-0.39, 0.29) is 11.4 Å². The Morgan fingerprint density at radius 2 is 2.31 bits per heavy atom. The second-order valence-corrected chi connectivity index (χ2v) is 3.39. The number of unbranched alkanes of at least 4 members (excludes halogenated alkanes) is 1. The number of nitro benzene ring substituents is 1. The summed E-state index contributed by atoms with van der Waals surface area (Å²) in [5, 5.41) is 19.9. The first-order valence-corrected chi connectivity index (χ1v) is 5.12. The number of hydrogen-bond acceptors (Lipinski definition) is 4. The van der Waals surface area contributed by atoms with Crippen LogP contribution in [-0.4, -0.2) is 22.8 Å². The van der Waals surface area contributed by atoms with Gasteiger partial charge in [-0.05, 0) is 12.5 Å². The van der Waals surface area contributed by atoms with E-state index >= 15 is 0 Å². The fourth-order valence-electron chi connectivity index (χ4n) is 1.17. The molecule has 0 radical (unpaired) electrons. The van der Waals surface area contributed by atoms with E-state index in [4.69, 9.17) is 0 Å². The minimum Gasteiger partial charge on any atom is -0.507 e. The van der Waals surface area contributed by atoms with Crippen LogP contribution in [0.3, 0.4) is 0 Å². The van der Waals surface area contributed by atoms with Gasteiger partial charge in [-0.1, -0.05) is 13.3 Å². The Balaban J connectivity index is 2.75. The van der Waals surface area contributed by atoms with Crippen molar-refractivity contribution in [1.29, 1.82) is 0 Å². The lowest BCUT2D eigenvalue weighted by Gasteiger charge is -1.98. The molecule has 0 saturated heterocycles. The van der Waals surface area contributed by atoms with Crippen molar-refractivity contribution in [2.24, 2.45) is 4.99 Å². The van der Waals surface area contributed by atoms with Gasteiger partial charge in [-0.3, -0.25) is 15.1 Å². The monoisotopic (exact) mass is 222 g/mol. The van der Waals surface area contributed by atoms with Crippen molar-refractivity contribution >= 4 is 11.9 Å². The van der Waals surface area contributed by atoms with Crippen molar-refractivity contribution in [3.63, 3.8) is 0 Å². The molecule has 5 nitrogen and oxygen atoms in total. The molecule has 1 aromatic rings. The van der Waals surface area contributed by atoms with Crippen molar-refractivity contribution in [2.75, 3.05) is 6.54 Å². The van der Waals surface area contributed by atoms with Crippen molar-refractivity contribution in [3.8, 4) is 5.75 Å². The number of aromatic hydroxyl groups is 1. The predicted octanol–water partition coefficient (Wildman–Crippen LogP) is 2.52. The topological polar surface area (TPSA) is 75.7 Å². The maximum absolute atomic E-state index is 10.4. The van der Waals surface area contributed by atoms with Crippen molar-refractivity contribution in [3.05, 3.63) is 33.9 Å². The number of nitro groups is 1. The van der Waals surface area contributed by atoms with E-state index in [1.807, 2.05) is 0 Å². The van der Waals surface area contributed by atoms with Crippen LogP contribution in [0.25, 0.3) is 0 Å². The molecule has 0 fully saturated rings. The SMILES string of the molecule is CCCCN=Cc1ccc([N+](=O)[O-])cc1O. The average molecular weight is 222 g/mol. The molecule has 0 aliphatic rings. The molecule has 0 unspecified atom stereocenters. The van der Waals surface area contributed by atoms with Gasteiger partial charge in [0, 0.05) is 24.4 Å². The fourth-order valence-corrected chi connectivity index (χ4v) is 1.17. The molecule has 86 valence electrons. The van der Waals surface area contributed by atoms with Gasteiger partial charge in [0.25, 0.3) is 5.69 Å². The van der Waals surface area contributed by atoms with Gasteiger partial charge >= 0.3 is 0 Å². The minimum atomic E-state index is -0.544. The van der Waals surface area contributed by atoms with Crippen LogP contribution in [0.1, 0.15) is 25.3 Å². The van der Waals surface area contributed by atoms with Gasteiger partial charge in [-0.2, -0.15) is 0 Å². The summed E-state index contributed by atoms with van der Waals surface area (Å²) in [7, 11) is 0. The zero-order chi connectivity index (χ0) is 12.0. The molecule has 0 saturated carbocycles. The summed E-state index contributed by atoms with van der Waals surface area (Å²) in [5.74, 6) is -0.116. The molecule has 0 aliphatic carbocycles. The van der Waals surface area contributed by atoms with Gasteiger partial charge in [-0.15, -0.1) is 0 Å². The third-order valence-electron chi connectivity index (χ3n) is 2.10. The number of aliphatic imine (C=N–C) groups is 1. The smallest absolute Gasteiger partial charge is 0.273 e. The van der Waals surface area contributed by atoms with E-state index in [0.29, 0.717) is 12.1 Å². The lowest BCUT2D eigenvalue weighted by atomic mass is 10.2. The Bertz CT molecular complexity index is 402. The van der Waals surface area contributed by atoms with Crippen LogP contribution in [0.2, 0.25) is 0 Å². The van der Waals surface area contributed by atoms with Crippen LogP contribution in [0, 0.1) is 10.1 Å². The quantitative estimate of drug-likeness (QED) is 0.360. The Kier molecular flexibility index (Phi) is 4.44. The van der Waals surface area contributed by atoms with Gasteiger partial charge in [0.05, 0.1) is 11.0 Å². The molecule has 1 rings (SSSR count). The molecule has 1 aromatic carbocycles. The minimum absolute atomic E-state index is 0.116. The molecule has 0 amide bonds. The number of phenols is 1. The molecule has 0 bridgehead atoms. The lowest BCUT2D eigenvalue weighted by Crippen LogP contribution is -1.90. The van der Waals surface area contributed by atoms with Crippen molar-refractivity contribution < 1.29 is 10.0 Å². The van der Waals surface area contributed by atoms with Crippen LogP contribution in [0.4, 0.5) is 5.69 Å². The largest absolute Gasteiger partial charge is 0.507 e. The highest BCUT2D eigenvalue weighted by Gasteiger charge is 2.08. The van der Waals surface area contributed by atoms with Crippen LogP contribution in [0.15, 0.2) is 23.2 Å². The number of non-ortho nitro benzene ring substituents is 1. The molecule has 0 heterocycles. The normalized spacial score (nSPS) is 10.8. The fraction of sp³-hybridized carbons (Fsp3) is 0.364. The molecule has 0 spiro atoms. The van der Waals surface area contributed by atoms with Gasteiger partial charge in [0.15, 0.2) is 0 Å². The molecule has 16 heavy (non-hydrogen) atoms. The third kappa shape index (κ3) is 3.34. The number of nitrogens with zero attached hydrogens (tertiary/aromatic N) is 2. The highest BCUT2D eigenvalue weighted by Crippen LogP contribution is 2.21. The molecule has 0 atom stereocenters. The Morgan fingerprint density at radius 1 is 1.56 bits per heavy atom. The van der Waals surface area contributed by atoms with Crippen molar-refractivity contribution in [2.45, 2.75) is 19.8 Å². The van der Waals surface area contributed by atoms with Gasteiger partial charge in [0.1, 0.15) is 5.75 Å². The van der Waals surface area contributed by atoms with Gasteiger partial charge in [0.2, 0.25) is 0 Å². The third-order valence-corrected chi connectivity index (χ3v) is 2.10. The summed E-state index contributed by atoms with van der Waals surface area (Å²) < 4.78 is 0. The Hall–Kier alpha value is -1.91. The maximum atomic E-state index is 10.4. The first kappa shape index (κ1) is 12.2. The standard InChI is InChI=1S/C11H14N2O3/c1-2-3-6-12-8-9-4-5-10(13(15)16)7-11(9)14/h4-5,7-8,14H,2-3,6H2,1H3. The molecular formula is C11H14N2O3. The predicted molar refractivity (Wildman–Crippen MR) is 62.1 cm³/mol. The van der Waals surface area contributed by atoms with E-state index in [0.717, 1.165) is 18.9 Å². The van der Waals surface area contributed by atoms with E-state index in [1.165, 1.54) is 18.3 Å². The van der Waals surface area contributed by atoms with Crippen LogP contribution in [0.5, 0.6) is 5.75 Å². The first-order chi connectivity index (χ1) is 7.65. The summed E-state index contributed by atoms with van der Waals surface area (Å²) >= 11 is 0. The molecule has 0 aliphatic heterocycles. The second kappa shape index (κ2) is 5.85. The summed E-state index contributed by atoms with van der Waals surface area (Å²) in [4.78, 5) is 14.0. The number of rotatable bonds is 5. The van der Waals surface area contributed by atoms with E-state index < -0.39 is 4.92 Å². The second-order valence-electron chi connectivity index (χ2n) is 3.39. The Labute approximate surface area is 93.6 Å². The maximum Gasteiger partial charge on any atom is 0.273 e. The number of hydrogen-bond donors (Lipinski definition) is 1. The van der Waals surface area contributed by atoms with Crippen LogP contribution >= 0.6 is 0 Å². The average Bonchev–Trinajstić information content (AvgIpc) is 2.26. The van der Waals surface area contributed by atoms with Gasteiger partial charge < -0.3 is 5.11 Å². The summed E-state index contributed by atoms with van der Waals surface area (Å²) in [6.07, 6.45) is 3.59. The summed E-state index contributed by atoms with van der Waals surface area (Å²) in [5.41, 5.74) is 0.380. The lowest BCUT2D eigenvalue weighted by molar-refractivity contribution is -0.384. The van der Waals surface area contributed by atoms with E-state index in [9.17, 15) is 15.2 Å². The number of phenolic OH excluding ortho intramolecular Hbond substituents is 1. The van der Waals surface area contributed by atoms with E-state index in [2.05, 4.69) is 11.9 Å². The van der Waals surface area contributed by atoms with E-state index in [1.54, 1.807) is 0 Å². The van der Waals surface area contributed by atoms with Gasteiger partial charge in [-0.25, -0.2) is 0 Å². The zero-order valence-electron chi connectivity index (χ0n) is 9.09. The molecular weight excluding hydrogens is 208 g/mol. The molecule has 5 heteroatoms. The molecule has 0 aromatic heterocycles. The summed E-state index contributed by atoms with van der Waals surface area (Å²) in [6, 6.07) is 3.96. The first-order valence-electron chi connectivity index (χ1n) is 5.12. The van der Waals surface area contributed by atoms with Crippen molar-refractivity contribution in [1.82, 2.24) is 0 Å². The Morgan fingerprint density at radius 3 is 2.88 bits per heavy atom. The summed E-state index contributed by atoms with van der Waals surface area (Å²) in [6.45, 7) is 2.77. The highest BCUT2D eigenvalue weighted by molar-refractivity contribution is 5.83.